The van der Waals surface area contributed by atoms with Crippen LogP contribution in [0.2, 0.25) is 0 Å². The molecule has 1 heterocycles. The van der Waals surface area contributed by atoms with Crippen LogP contribution in [0, 0.1) is 0 Å². The van der Waals surface area contributed by atoms with Gasteiger partial charge in [0, 0.05) is 5.75 Å². The normalized spacial score (nSPS) is 11.8. The first kappa shape index (κ1) is 23.2. The van der Waals surface area contributed by atoms with E-state index in [1.165, 1.54) is 39.4 Å². The highest BCUT2D eigenvalue weighted by atomic mass is 32.2. The Kier molecular flexibility index (Phi) is 8.30. The zero-order valence-electron chi connectivity index (χ0n) is 18.0. The fourth-order valence-corrected chi connectivity index (χ4v) is 5.90. The summed E-state index contributed by atoms with van der Waals surface area (Å²) in [5.41, 5.74) is 5.88. The molecule has 4 aromatic rings. The standard InChI is InChI=1S/C25H22N4OS3/c1-18(14-19-8-3-2-4-9-19)15-26-27-23(30)17-32-25-29-28-24(33-25)31-16-21-12-7-11-20-10-5-6-13-22(20)21/h2-15H,16-17H2,1H3,(H,27,30)/b18-14+,26-15-. The second-order valence-electron chi connectivity index (χ2n) is 7.14. The molecule has 0 aliphatic heterocycles. The smallest absolute Gasteiger partial charge is 0.250 e. The number of carbonyl (C=O) groups excluding carboxylic acids is 1. The molecule has 33 heavy (non-hydrogen) atoms. The van der Waals surface area contributed by atoms with Crippen molar-refractivity contribution >= 4 is 63.8 Å². The van der Waals surface area contributed by atoms with E-state index < -0.39 is 0 Å². The molecule has 0 saturated heterocycles. The summed E-state index contributed by atoms with van der Waals surface area (Å²) in [5, 5.41) is 15.0. The van der Waals surface area contributed by atoms with Crippen LogP contribution < -0.4 is 5.43 Å². The summed E-state index contributed by atoms with van der Waals surface area (Å²) in [6.45, 7) is 1.94. The van der Waals surface area contributed by atoms with E-state index in [-0.39, 0.29) is 11.7 Å². The van der Waals surface area contributed by atoms with E-state index in [2.05, 4.69) is 63.2 Å². The van der Waals surface area contributed by atoms with Crippen molar-refractivity contribution < 1.29 is 4.79 Å². The molecule has 0 saturated carbocycles. The Hall–Kier alpha value is -2.94. The van der Waals surface area contributed by atoms with Gasteiger partial charge in [0.2, 0.25) is 0 Å². The number of carbonyl (C=O) groups is 1. The second kappa shape index (κ2) is 11.8. The molecule has 1 aromatic heterocycles. The van der Waals surface area contributed by atoms with Crippen LogP contribution >= 0.6 is 34.9 Å². The zero-order chi connectivity index (χ0) is 22.9. The minimum atomic E-state index is -0.177. The molecule has 8 heteroatoms. The van der Waals surface area contributed by atoms with Crippen LogP contribution in [0.25, 0.3) is 16.8 Å². The van der Waals surface area contributed by atoms with Gasteiger partial charge in [-0.3, -0.25) is 4.79 Å². The van der Waals surface area contributed by atoms with Crippen molar-refractivity contribution in [1.29, 1.82) is 0 Å². The van der Waals surface area contributed by atoms with Crippen molar-refractivity contribution in [3.8, 4) is 0 Å². The molecule has 3 aromatic carbocycles. The van der Waals surface area contributed by atoms with E-state index in [1.807, 2.05) is 43.3 Å². The van der Waals surface area contributed by atoms with Gasteiger partial charge in [0.1, 0.15) is 0 Å². The van der Waals surface area contributed by atoms with Gasteiger partial charge in [-0.05, 0) is 34.4 Å². The number of hydrogen-bond acceptors (Lipinski definition) is 7. The molecule has 166 valence electrons. The van der Waals surface area contributed by atoms with Gasteiger partial charge >= 0.3 is 0 Å². The molecule has 0 atom stereocenters. The van der Waals surface area contributed by atoms with Gasteiger partial charge in [-0.15, -0.1) is 10.2 Å². The SMILES string of the molecule is CC(/C=N\NC(=O)CSc1nnc(SCc2cccc3ccccc23)s1)=C\c1ccccc1. The molecule has 0 fully saturated rings. The maximum atomic E-state index is 12.1. The fourth-order valence-electron chi connectivity index (χ4n) is 3.09. The van der Waals surface area contributed by atoms with Crippen molar-refractivity contribution in [3.63, 3.8) is 0 Å². The van der Waals surface area contributed by atoms with Crippen molar-refractivity contribution in [3.05, 3.63) is 89.5 Å². The highest BCUT2D eigenvalue weighted by Crippen LogP contribution is 2.32. The molecule has 4 rings (SSSR count). The van der Waals surface area contributed by atoms with E-state index in [0.29, 0.717) is 0 Å². The third-order valence-electron chi connectivity index (χ3n) is 4.60. The summed E-state index contributed by atoms with van der Waals surface area (Å²) < 4.78 is 1.67. The van der Waals surface area contributed by atoms with Crippen molar-refractivity contribution in [2.75, 3.05) is 5.75 Å². The molecule has 0 spiro atoms. The molecule has 1 N–H and O–H groups in total. The fraction of sp³-hybridized carbons (Fsp3) is 0.120. The monoisotopic (exact) mass is 490 g/mol. The number of benzene rings is 3. The molecular formula is C25H22N4OS3. The number of rotatable bonds is 9. The Morgan fingerprint density at radius 1 is 0.970 bits per heavy atom. The number of nitrogens with zero attached hydrogens (tertiary/aromatic N) is 3. The minimum absolute atomic E-state index is 0.177. The largest absolute Gasteiger partial charge is 0.272 e. The lowest BCUT2D eigenvalue weighted by molar-refractivity contribution is -0.118. The Bertz CT molecular complexity index is 1280. The number of nitrogens with one attached hydrogen (secondary N) is 1. The molecule has 0 bridgehead atoms. The quantitative estimate of drug-likeness (QED) is 0.170. The van der Waals surface area contributed by atoms with Crippen LogP contribution in [0.5, 0.6) is 0 Å². The third kappa shape index (κ3) is 7.02. The summed E-state index contributed by atoms with van der Waals surface area (Å²) in [4.78, 5) is 12.1. The first-order valence-electron chi connectivity index (χ1n) is 10.3. The molecule has 1 amide bonds. The summed E-state index contributed by atoms with van der Waals surface area (Å²) >= 11 is 4.53. The van der Waals surface area contributed by atoms with Crippen LogP contribution in [0.15, 0.2) is 92.2 Å². The van der Waals surface area contributed by atoms with Crippen molar-refractivity contribution in [2.24, 2.45) is 5.10 Å². The topological polar surface area (TPSA) is 67.2 Å². The lowest BCUT2D eigenvalue weighted by Crippen LogP contribution is -2.19. The maximum absolute atomic E-state index is 12.1. The second-order valence-corrected chi connectivity index (χ2v) is 10.6. The number of hydrazone groups is 1. The lowest BCUT2D eigenvalue weighted by Gasteiger charge is -2.04. The highest BCUT2D eigenvalue weighted by Gasteiger charge is 2.09. The van der Waals surface area contributed by atoms with Crippen LogP contribution in [0.4, 0.5) is 0 Å². The van der Waals surface area contributed by atoms with Gasteiger partial charge in [-0.25, -0.2) is 5.43 Å². The van der Waals surface area contributed by atoms with Crippen LogP contribution in [0.1, 0.15) is 18.1 Å². The van der Waals surface area contributed by atoms with Gasteiger partial charge in [0.25, 0.3) is 5.91 Å². The zero-order valence-corrected chi connectivity index (χ0v) is 20.4. The predicted octanol–water partition coefficient (Wildman–Crippen LogP) is 6.28. The number of thioether (sulfide) groups is 2. The molecule has 5 nitrogen and oxygen atoms in total. The number of amides is 1. The van der Waals surface area contributed by atoms with Crippen LogP contribution in [-0.4, -0.2) is 28.1 Å². The minimum Gasteiger partial charge on any atom is -0.272 e. The van der Waals surface area contributed by atoms with Gasteiger partial charge in [0.05, 0.1) is 12.0 Å². The van der Waals surface area contributed by atoms with E-state index in [0.717, 1.165) is 25.6 Å². The average Bonchev–Trinajstić information content (AvgIpc) is 3.30. The number of fused-ring (bicyclic) bond motifs is 1. The van der Waals surface area contributed by atoms with Gasteiger partial charge in [-0.1, -0.05) is 114 Å². The molecular weight excluding hydrogens is 469 g/mol. The summed E-state index contributed by atoms with van der Waals surface area (Å²) in [6, 6.07) is 24.7. The first-order chi connectivity index (χ1) is 16.2. The Balaban J connectivity index is 1.23. The molecule has 0 unspecified atom stereocenters. The van der Waals surface area contributed by atoms with Crippen LogP contribution in [-0.2, 0) is 10.5 Å². The predicted molar refractivity (Wildman–Crippen MR) is 141 cm³/mol. The van der Waals surface area contributed by atoms with E-state index in [1.54, 1.807) is 18.0 Å². The summed E-state index contributed by atoms with van der Waals surface area (Å²) in [7, 11) is 0. The maximum Gasteiger partial charge on any atom is 0.250 e. The van der Waals surface area contributed by atoms with E-state index >= 15 is 0 Å². The van der Waals surface area contributed by atoms with Crippen molar-refractivity contribution in [2.45, 2.75) is 21.4 Å². The summed E-state index contributed by atoms with van der Waals surface area (Å²) in [5.74, 6) is 0.886. The lowest BCUT2D eigenvalue weighted by atomic mass is 10.1. The van der Waals surface area contributed by atoms with Gasteiger partial charge in [-0.2, -0.15) is 5.10 Å². The Morgan fingerprint density at radius 3 is 2.55 bits per heavy atom. The molecule has 0 aliphatic carbocycles. The van der Waals surface area contributed by atoms with Crippen LogP contribution in [0.3, 0.4) is 0 Å². The highest BCUT2D eigenvalue weighted by molar-refractivity contribution is 8.03. The average molecular weight is 491 g/mol. The third-order valence-corrected chi connectivity index (χ3v) is 7.84. The molecule has 0 aliphatic rings. The Labute approximate surface area is 205 Å². The summed E-state index contributed by atoms with van der Waals surface area (Å²) in [6.07, 6.45) is 3.64. The van der Waals surface area contributed by atoms with E-state index in [9.17, 15) is 4.79 Å². The number of hydrogen-bond donors (Lipinski definition) is 1. The van der Waals surface area contributed by atoms with E-state index in [4.69, 9.17) is 0 Å². The Morgan fingerprint density at radius 2 is 1.70 bits per heavy atom. The number of aromatic nitrogens is 2. The van der Waals surface area contributed by atoms with Crippen molar-refractivity contribution in [1.82, 2.24) is 15.6 Å². The van der Waals surface area contributed by atoms with Gasteiger partial charge in [0.15, 0.2) is 8.68 Å². The first-order valence-corrected chi connectivity index (χ1v) is 13.1. The number of allylic oxidation sites excluding steroid dienone is 1. The van der Waals surface area contributed by atoms with Gasteiger partial charge < -0.3 is 0 Å². The molecule has 0 radical (unpaired) electrons.